The first-order valence-corrected chi connectivity index (χ1v) is 11.6. The molecule has 3 aromatic rings. The van der Waals surface area contributed by atoms with E-state index in [4.69, 9.17) is 0 Å². The number of amides is 1. The highest BCUT2D eigenvalue weighted by molar-refractivity contribution is 7.08. The predicted octanol–water partition coefficient (Wildman–Crippen LogP) is 5.20. The zero-order valence-corrected chi connectivity index (χ0v) is 18.5. The number of allylic oxidation sites excluding steroid dienone is 2. The van der Waals surface area contributed by atoms with Crippen molar-refractivity contribution in [2.75, 3.05) is 12.1 Å². The van der Waals surface area contributed by atoms with Crippen molar-refractivity contribution in [1.29, 1.82) is 0 Å². The summed E-state index contributed by atoms with van der Waals surface area (Å²) in [6.45, 7) is 4.29. The lowest BCUT2D eigenvalue weighted by molar-refractivity contribution is 0.0960. The highest BCUT2D eigenvalue weighted by Gasteiger charge is 2.60. The van der Waals surface area contributed by atoms with Gasteiger partial charge in [0, 0.05) is 35.6 Å². The highest BCUT2D eigenvalue weighted by Crippen LogP contribution is 2.71. The summed E-state index contributed by atoms with van der Waals surface area (Å²) in [5, 5.41) is 27.8. The lowest BCUT2D eigenvalue weighted by atomic mass is 9.65. The molecule has 0 spiro atoms. The number of aromatic hydroxyl groups is 2. The molecule has 31 heavy (non-hydrogen) atoms. The van der Waals surface area contributed by atoms with E-state index in [2.05, 4.69) is 13.8 Å². The molecule has 7 rings (SSSR count). The Bertz CT molecular complexity index is 1220. The van der Waals surface area contributed by atoms with E-state index in [-0.39, 0.29) is 29.5 Å². The first kappa shape index (κ1) is 18.8. The molecule has 4 atom stereocenters. The number of rotatable bonds is 3. The van der Waals surface area contributed by atoms with E-state index in [0.29, 0.717) is 17.4 Å². The molecule has 2 bridgehead atoms. The van der Waals surface area contributed by atoms with Crippen LogP contribution in [-0.4, -0.2) is 27.8 Å². The van der Waals surface area contributed by atoms with E-state index >= 15 is 0 Å². The van der Waals surface area contributed by atoms with Crippen molar-refractivity contribution in [3.8, 4) is 22.9 Å². The summed E-state index contributed by atoms with van der Waals surface area (Å²) in [4.78, 5) is 13.5. The van der Waals surface area contributed by atoms with E-state index in [1.54, 1.807) is 24.5 Å². The summed E-state index contributed by atoms with van der Waals surface area (Å²) in [7, 11) is 1.60. The van der Waals surface area contributed by atoms with Crippen molar-refractivity contribution < 1.29 is 15.0 Å². The fraction of sp³-hybridized carbons (Fsp3) is 0.320. The van der Waals surface area contributed by atoms with Crippen LogP contribution in [0.4, 0.5) is 0 Å². The second-order valence-corrected chi connectivity index (χ2v) is 9.84. The molecule has 1 saturated carbocycles. The minimum atomic E-state index is -0.279. The second-order valence-electron chi connectivity index (χ2n) is 9.06. The van der Waals surface area contributed by atoms with Crippen LogP contribution in [0, 0.1) is 11.8 Å². The number of nitrogens with zero attached hydrogens (tertiary/aromatic N) is 2. The van der Waals surface area contributed by atoms with Crippen molar-refractivity contribution in [1.82, 2.24) is 4.68 Å². The van der Waals surface area contributed by atoms with Crippen molar-refractivity contribution in [2.45, 2.75) is 32.1 Å². The lowest BCUT2D eigenvalue weighted by Crippen LogP contribution is -2.36. The number of hydrogen-bond donors (Lipinski definition) is 2. The standard InChI is InChI=1S/C25H24N2O3S/c1-12-13(2)20-18-10-17(18)19(12)21-22(20)25(30)27(24(21)29)26(3)23(28)16-7-5-4-6-15(16)14-8-9-31-11-14/h4-9,11,17-20,29-30H,10H2,1-3H3. The van der Waals surface area contributed by atoms with Gasteiger partial charge in [0.15, 0.2) is 0 Å². The quantitative estimate of drug-likeness (QED) is 0.559. The molecule has 4 aliphatic carbocycles. The average molecular weight is 433 g/mol. The van der Waals surface area contributed by atoms with Crippen LogP contribution in [0.5, 0.6) is 11.8 Å². The first-order valence-electron chi connectivity index (χ1n) is 10.7. The molecule has 0 radical (unpaired) electrons. The predicted molar refractivity (Wildman–Crippen MR) is 121 cm³/mol. The zero-order valence-electron chi connectivity index (χ0n) is 17.7. The van der Waals surface area contributed by atoms with E-state index in [1.165, 1.54) is 20.8 Å². The third-order valence-corrected chi connectivity index (χ3v) is 8.36. The zero-order chi connectivity index (χ0) is 21.6. The monoisotopic (exact) mass is 432 g/mol. The Morgan fingerprint density at radius 1 is 1.03 bits per heavy atom. The smallest absolute Gasteiger partial charge is 0.273 e. The molecule has 5 nitrogen and oxygen atoms in total. The molecule has 4 unspecified atom stereocenters. The van der Waals surface area contributed by atoms with Gasteiger partial charge in [0.05, 0.1) is 0 Å². The molecule has 0 aliphatic heterocycles. The van der Waals surface area contributed by atoms with Gasteiger partial charge in [-0.1, -0.05) is 29.3 Å². The Hall–Kier alpha value is -2.99. The second kappa shape index (κ2) is 6.26. The van der Waals surface area contributed by atoms with Gasteiger partial charge in [-0.05, 0) is 66.1 Å². The van der Waals surface area contributed by atoms with E-state index in [9.17, 15) is 15.0 Å². The molecule has 158 valence electrons. The summed E-state index contributed by atoms with van der Waals surface area (Å²) >= 11 is 1.58. The largest absolute Gasteiger partial charge is 0.493 e. The van der Waals surface area contributed by atoms with E-state index < -0.39 is 0 Å². The van der Waals surface area contributed by atoms with Crippen LogP contribution in [0.3, 0.4) is 0 Å². The van der Waals surface area contributed by atoms with Gasteiger partial charge in [-0.3, -0.25) is 4.79 Å². The number of thiophene rings is 1. The minimum Gasteiger partial charge on any atom is -0.493 e. The van der Waals surface area contributed by atoms with Crippen LogP contribution in [0.25, 0.3) is 11.1 Å². The molecule has 1 amide bonds. The molecule has 2 N–H and O–H groups in total. The number of aromatic nitrogens is 1. The number of hydrogen-bond acceptors (Lipinski definition) is 4. The molecular formula is C25H24N2O3S. The molecular weight excluding hydrogens is 408 g/mol. The lowest BCUT2D eigenvalue weighted by Gasteiger charge is -2.37. The topological polar surface area (TPSA) is 65.7 Å². The molecule has 6 heteroatoms. The van der Waals surface area contributed by atoms with Crippen LogP contribution < -0.4 is 5.01 Å². The van der Waals surface area contributed by atoms with Gasteiger partial charge in [-0.15, -0.1) is 0 Å². The number of carbonyl (C=O) groups excluding carboxylic acids is 1. The Labute approximate surface area is 184 Å². The highest BCUT2D eigenvalue weighted by atomic mass is 32.1. The fourth-order valence-electron chi connectivity index (χ4n) is 6.07. The van der Waals surface area contributed by atoms with Gasteiger partial charge in [0.1, 0.15) is 0 Å². The third-order valence-electron chi connectivity index (χ3n) is 7.68. The maximum absolute atomic E-state index is 13.5. The van der Waals surface area contributed by atoms with Gasteiger partial charge in [-0.2, -0.15) is 16.0 Å². The Kier molecular flexibility index (Phi) is 3.79. The van der Waals surface area contributed by atoms with E-state index in [0.717, 1.165) is 28.7 Å². The van der Waals surface area contributed by atoms with Crippen LogP contribution in [-0.2, 0) is 0 Å². The van der Waals surface area contributed by atoms with Gasteiger partial charge < -0.3 is 10.2 Å². The van der Waals surface area contributed by atoms with Crippen molar-refractivity contribution in [2.24, 2.45) is 11.8 Å². The summed E-state index contributed by atoms with van der Waals surface area (Å²) in [5.41, 5.74) is 6.60. The van der Waals surface area contributed by atoms with Crippen LogP contribution in [0.1, 0.15) is 53.6 Å². The van der Waals surface area contributed by atoms with Crippen molar-refractivity contribution >= 4 is 17.2 Å². The normalized spacial score (nSPS) is 25.4. The molecule has 2 aromatic heterocycles. The number of carbonyl (C=O) groups is 1. The Morgan fingerprint density at radius 3 is 2.23 bits per heavy atom. The Balaban J connectivity index is 1.45. The van der Waals surface area contributed by atoms with E-state index in [1.807, 2.05) is 35.0 Å². The molecule has 0 saturated heterocycles. The Morgan fingerprint density at radius 2 is 1.65 bits per heavy atom. The summed E-state index contributed by atoms with van der Waals surface area (Å²) < 4.78 is 1.30. The molecule has 2 heterocycles. The maximum atomic E-state index is 13.5. The third kappa shape index (κ3) is 2.34. The number of benzene rings is 1. The van der Waals surface area contributed by atoms with Crippen molar-refractivity contribution in [3.63, 3.8) is 0 Å². The first-order chi connectivity index (χ1) is 14.9. The summed E-state index contributed by atoms with van der Waals surface area (Å²) in [6.07, 6.45) is 1.14. The van der Waals surface area contributed by atoms with Crippen LogP contribution in [0.2, 0.25) is 0 Å². The van der Waals surface area contributed by atoms with Gasteiger partial charge in [-0.25, -0.2) is 5.01 Å². The van der Waals surface area contributed by atoms with Crippen molar-refractivity contribution in [3.05, 3.63) is 68.9 Å². The van der Waals surface area contributed by atoms with Gasteiger partial charge >= 0.3 is 0 Å². The maximum Gasteiger partial charge on any atom is 0.273 e. The SMILES string of the molecule is CC1=C(C)C2c3c(c(O)n(N(C)C(=O)c4ccccc4-c4ccsc4)c3O)C1C1CC21. The van der Waals surface area contributed by atoms with Gasteiger partial charge in [0.2, 0.25) is 11.8 Å². The summed E-state index contributed by atoms with van der Waals surface area (Å²) in [5.74, 6) is 1.06. The minimum absolute atomic E-state index is 0.0106. The average Bonchev–Trinajstić information content (AvgIpc) is 3.29. The van der Waals surface area contributed by atoms with Crippen LogP contribution >= 0.6 is 11.3 Å². The van der Waals surface area contributed by atoms with Gasteiger partial charge in [0.25, 0.3) is 5.91 Å². The molecule has 1 fully saturated rings. The molecule has 4 aliphatic rings. The molecule has 1 aromatic carbocycles. The summed E-state index contributed by atoms with van der Waals surface area (Å²) in [6, 6.07) is 9.45. The fourth-order valence-corrected chi connectivity index (χ4v) is 6.72. The van der Waals surface area contributed by atoms with Crippen LogP contribution in [0.15, 0.2) is 52.2 Å².